The molecule has 0 spiro atoms. The predicted molar refractivity (Wildman–Crippen MR) is 85.8 cm³/mol. The second kappa shape index (κ2) is 5.02. The lowest BCUT2D eigenvalue weighted by molar-refractivity contribution is -0.0507. The summed E-state index contributed by atoms with van der Waals surface area (Å²) >= 11 is 0. The van der Waals surface area contributed by atoms with E-state index >= 15 is 0 Å². The molecule has 2 aromatic carbocycles. The zero-order valence-electron chi connectivity index (χ0n) is 12.9. The highest BCUT2D eigenvalue weighted by Gasteiger charge is 2.42. The lowest BCUT2D eigenvalue weighted by Crippen LogP contribution is -2.28. The number of nitrogens with one attached hydrogen (secondary N) is 1. The van der Waals surface area contributed by atoms with Crippen LogP contribution >= 0.6 is 0 Å². The van der Waals surface area contributed by atoms with Crippen molar-refractivity contribution in [2.75, 3.05) is 0 Å². The molecule has 0 radical (unpaired) electrons. The van der Waals surface area contributed by atoms with Crippen LogP contribution in [0.25, 0.3) is 11.0 Å². The van der Waals surface area contributed by atoms with Gasteiger partial charge in [0, 0.05) is 11.1 Å². The maximum Gasteiger partial charge on any atom is 0.387 e. The molecule has 2 bridgehead atoms. The van der Waals surface area contributed by atoms with Crippen LogP contribution in [0.1, 0.15) is 40.3 Å². The van der Waals surface area contributed by atoms with Gasteiger partial charge in [0.15, 0.2) is 0 Å². The first-order chi connectivity index (χ1) is 12.1. The Bertz CT molecular complexity index is 1010. The van der Waals surface area contributed by atoms with Crippen LogP contribution in [0.2, 0.25) is 0 Å². The number of alkyl halides is 2. The monoisotopic (exact) mass is 341 g/mol. The van der Waals surface area contributed by atoms with Crippen LogP contribution in [0.15, 0.2) is 42.5 Å². The number of nitrogens with zero attached hydrogens (tertiary/aromatic N) is 2. The third-order valence-corrected chi connectivity index (χ3v) is 4.87. The van der Waals surface area contributed by atoms with Crippen molar-refractivity contribution < 1.29 is 18.3 Å². The third-order valence-electron chi connectivity index (χ3n) is 4.87. The highest BCUT2D eigenvalue weighted by atomic mass is 19.3. The van der Waals surface area contributed by atoms with Gasteiger partial charge in [0.2, 0.25) is 0 Å². The van der Waals surface area contributed by atoms with Gasteiger partial charge >= 0.3 is 6.61 Å². The van der Waals surface area contributed by atoms with Crippen molar-refractivity contribution in [1.29, 1.82) is 0 Å². The first kappa shape index (κ1) is 14.4. The Balaban J connectivity index is 1.79. The maximum atomic E-state index is 12.9. The minimum atomic E-state index is -2.95. The molecule has 5 rings (SSSR count). The number of hydrogen-bond donors (Lipinski definition) is 1. The van der Waals surface area contributed by atoms with Crippen molar-refractivity contribution in [3.63, 3.8) is 0 Å². The van der Waals surface area contributed by atoms with Gasteiger partial charge in [-0.3, -0.25) is 4.79 Å². The van der Waals surface area contributed by atoms with Gasteiger partial charge in [0.25, 0.3) is 5.91 Å². The van der Waals surface area contributed by atoms with Crippen molar-refractivity contribution in [2.45, 2.75) is 25.1 Å². The lowest BCUT2D eigenvalue weighted by Gasteiger charge is -2.21. The Labute approximate surface area is 141 Å². The highest BCUT2D eigenvalue weighted by molar-refractivity contribution is 5.98. The Morgan fingerprint density at radius 1 is 1.20 bits per heavy atom. The minimum absolute atomic E-state index is 0.0407. The molecular formula is C18H13F2N3O2. The molecule has 2 aliphatic heterocycles. The van der Waals surface area contributed by atoms with Crippen LogP contribution in [0.5, 0.6) is 5.75 Å². The number of fused-ring (bicyclic) bond motifs is 9. The van der Waals surface area contributed by atoms with Crippen LogP contribution < -0.4 is 10.1 Å². The average Bonchev–Trinajstić information content (AvgIpc) is 3.07. The van der Waals surface area contributed by atoms with Crippen LogP contribution in [0.4, 0.5) is 8.78 Å². The molecule has 1 amide bonds. The van der Waals surface area contributed by atoms with E-state index in [1.807, 2.05) is 28.8 Å². The molecular weight excluding hydrogens is 328 g/mol. The van der Waals surface area contributed by atoms with Gasteiger partial charge < -0.3 is 14.6 Å². The van der Waals surface area contributed by atoms with Gasteiger partial charge in [-0.1, -0.05) is 18.2 Å². The molecule has 1 N–H and O–H groups in total. The molecule has 2 atom stereocenters. The number of aromatic nitrogens is 2. The Morgan fingerprint density at radius 2 is 2.04 bits per heavy atom. The summed E-state index contributed by atoms with van der Waals surface area (Å²) < 4.78 is 32.5. The number of amides is 1. The molecule has 7 heteroatoms. The summed E-state index contributed by atoms with van der Waals surface area (Å²) in [6.45, 7) is -2.95. The summed E-state index contributed by atoms with van der Waals surface area (Å²) in [6.07, 6.45) is 0.565. The zero-order valence-corrected chi connectivity index (χ0v) is 12.9. The number of hydrogen-bond acceptors (Lipinski definition) is 3. The highest BCUT2D eigenvalue weighted by Crippen LogP contribution is 2.47. The van der Waals surface area contributed by atoms with Crippen LogP contribution in [0.3, 0.4) is 0 Å². The number of ether oxygens (including phenoxy) is 1. The fourth-order valence-corrected chi connectivity index (χ4v) is 3.96. The van der Waals surface area contributed by atoms with E-state index in [4.69, 9.17) is 4.74 Å². The molecule has 25 heavy (non-hydrogen) atoms. The fraction of sp³-hybridized carbons (Fsp3) is 0.222. The van der Waals surface area contributed by atoms with Gasteiger partial charge in [-0.15, -0.1) is 0 Å². The molecule has 126 valence electrons. The number of imidazole rings is 1. The van der Waals surface area contributed by atoms with E-state index in [-0.39, 0.29) is 23.7 Å². The van der Waals surface area contributed by atoms with Crippen LogP contribution in [-0.4, -0.2) is 22.1 Å². The van der Waals surface area contributed by atoms with Gasteiger partial charge in [-0.05, 0) is 30.7 Å². The first-order valence-corrected chi connectivity index (χ1v) is 7.99. The smallest absolute Gasteiger partial charge is 0.387 e. The molecule has 0 aliphatic carbocycles. The van der Waals surface area contributed by atoms with E-state index in [0.29, 0.717) is 17.5 Å². The predicted octanol–water partition coefficient (Wildman–Crippen LogP) is 3.42. The van der Waals surface area contributed by atoms with E-state index in [1.165, 1.54) is 6.07 Å². The zero-order chi connectivity index (χ0) is 17.1. The number of rotatable bonds is 2. The van der Waals surface area contributed by atoms with Crippen LogP contribution in [-0.2, 0) is 0 Å². The SMILES string of the molecule is O=C1NC2CC(c3c(OC(F)F)cccc31)n1c2nc2ccccc21. The van der Waals surface area contributed by atoms with Crippen molar-refractivity contribution in [2.24, 2.45) is 0 Å². The maximum absolute atomic E-state index is 12.9. The second-order valence-electron chi connectivity index (χ2n) is 6.20. The number of carbonyl (C=O) groups excluding carboxylic acids is 1. The molecule has 3 aromatic rings. The molecule has 5 nitrogen and oxygen atoms in total. The summed E-state index contributed by atoms with van der Waals surface area (Å²) in [6, 6.07) is 11.8. The summed E-state index contributed by atoms with van der Waals surface area (Å²) in [7, 11) is 0. The Morgan fingerprint density at radius 3 is 2.88 bits per heavy atom. The van der Waals surface area contributed by atoms with Crippen LogP contribution in [0, 0.1) is 0 Å². The van der Waals surface area contributed by atoms with Gasteiger partial charge in [0.05, 0.1) is 23.1 Å². The second-order valence-corrected chi connectivity index (χ2v) is 6.20. The van der Waals surface area contributed by atoms with E-state index in [9.17, 15) is 13.6 Å². The lowest BCUT2D eigenvalue weighted by atomic mass is 9.97. The van der Waals surface area contributed by atoms with E-state index < -0.39 is 6.61 Å². The number of para-hydroxylation sites is 2. The van der Waals surface area contributed by atoms with Crippen molar-refractivity contribution >= 4 is 16.9 Å². The largest absolute Gasteiger partial charge is 0.434 e. The van der Waals surface area contributed by atoms with Crippen molar-refractivity contribution in [3.05, 3.63) is 59.4 Å². The van der Waals surface area contributed by atoms with Gasteiger partial charge in [-0.25, -0.2) is 4.98 Å². The average molecular weight is 341 g/mol. The quantitative estimate of drug-likeness (QED) is 0.777. The molecule has 0 fully saturated rings. The van der Waals surface area contributed by atoms with E-state index in [2.05, 4.69) is 10.3 Å². The van der Waals surface area contributed by atoms with Gasteiger partial charge in [0.1, 0.15) is 11.6 Å². The standard InChI is InChI=1S/C18H13F2N3O2/c19-18(20)25-14-7-3-4-9-15(14)13-8-11(22-17(9)24)16-21-10-5-1-2-6-12(10)23(13)16/h1-7,11,13,18H,8H2,(H,22,24). The minimum Gasteiger partial charge on any atom is -0.434 e. The molecule has 2 aliphatic rings. The molecule has 1 aromatic heterocycles. The Hall–Kier alpha value is -2.96. The summed E-state index contributed by atoms with van der Waals surface area (Å²) in [4.78, 5) is 17.2. The summed E-state index contributed by atoms with van der Waals surface area (Å²) in [5.41, 5.74) is 2.59. The summed E-state index contributed by atoms with van der Waals surface area (Å²) in [5.74, 6) is 0.497. The third kappa shape index (κ3) is 1.98. The Kier molecular flexibility index (Phi) is 2.89. The molecule has 3 heterocycles. The normalized spacial score (nSPS) is 21.0. The number of halogens is 2. The molecule has 0 saturated heterocycles. The molecule has 2 unspecified atom stereocenters. The topological polar surface area (TPSA) is 56.1 Å². The number of carbonyl (C=O) groups is 1. The first-order valence-electron chi connectivity index (χ1n) is 7.99. The summed E-state index contributed by atoms with van der Waals surface area (Å²) in [5, 5.41) is 2.96. The van der Waals surface area contributed by atoms with E-state index in [1.54, 1.807) is 12.1 Å². The van der Waals surface area contributed by atoms with Crippen molar-refractivity contribution in [1.82, 2.24) is 14.9 Å². The number of benzene rings is 2. The fourth-order valence-electron chi connectivity index (χ4n) is 3.96. The van der Waals surface area contributed by atoms with Crippen molar-refractivity contribution in [3.8, 4) is 5.75 Å². The van der Waals surface area contributed by atoms with Gasteiger partial charge in [-0.2, -0.15) is 8.78 Å². The molecule has 0 saturated carbocycles. The van der Waals surface area contributed by atoms with E-state index in [0.717, 1.165) is 16.9 Å².